The van der Waals surface area contributed by atoms with E-state index < -0.39 is 27.7 Å². The lowest BCUT2D eigenvalue weighted by molar-refractivity contribution is 0.0816. The number of terminal acetylenes is 1. The number of carbonyl (C=O) groups excluding carboxylic acids is 2. The summed E-state index contributed by atoms with van der Waals surface area (Å²) in [6.07, 6.45) is 5.74. The number of fused-ring (bicyclic) bond motifs is 3. The third-order valence-electron chi connectivity index (χ3n) is 4.09. The summed E-state index contributed by atoms with van der Waals surface area (Å²) in [5.41, 5.74) is 1.74. The van der Waals surface area contributed by atoms with Gasteiger partial charge in [0.25, 0.3) is 0 Å². The Morgan fingerprint density at radius 2 is 1.54 bits per heavy atom. The highest BCUT2D eigenvalue weighted by molar-refractivity contribution is 7.34. The molecule has 2 aromatic rings. The lowest BCUT2D eigenvalue weighted by atomic mass is 9.93. The van der Waals surface area contributed by atoms with Crippen LogP contribution in [0.2, 0.25) is 39.3 Å². The van der Waals surface area contributed by atoms with Crippen LogP contribution in [0.25, 0.3) is 9.75 Å². The number of ketones is 2. The zero-order chi connectivity index (χ0) is 18.0. The molecule has 0 fully saturated rings. The molecule has 0 amide bonds. The molecule has 0 saturated carbocycles. The Labute approximate surface area is 152 Å². The Morgan fingerprint density at radius 3 is 2.04 bits per heavy atom. The van der Waals surface area contributed by atoms with Crippen molar-refractivity contribution in [3.63, 3.8) is 0 Å². The van der Waals surface area contributed by atoms with Crippen molar-refractivity contribution in [2.45, 2.75) is 39.3 Å². The summed E-state index contributed by atoms with van der Waals surface area (Å²) in [7, 11) is -3.24. The molecule has 0 atom stereocenters. The number of hydrogen-bond acceptors (Lipinski definition) is 4. The quantitative estimate of drug-likeness (QED) is 0.444. The Hall–Kier alpha value is -1.27. The van der Waals surface area contributed by atoms with E-state index in [1.807, 2.05) is 6.07 Å². The van der Waals surface area contributed by atoms with Crippen molar-refractivity contribution in [2.24, 2.45) is 0 Å². The van der Waals surface area contributed by atoms with Gasteiger partial charge in [0.05, 0.1) is 31.5 Å². The molecule has 2 heterocycles. The van der Waals surface area contributed by atoms with Crippen LogP contribution in [0.15, 0.2) is 6.07 Å². The van der Waals surface area contributed by atoms with E-state index in [1.54, 1.807) is 22.7 Å². The predicted molar refractivity (Wildman–Crippen MR) is 110 cm³/mol. The first-order chi connectivity index (χ1) is 11.0. The molecular weight excluding hydrogens is 369 g/mol. The van der Waals surface area contributed by atoms with Crippen LogP contribution in [0.4, 0.5) is 0 Å². The number of rotatable bonds is 2. The third-order valence-corrected chi connectivity index (χ3v) is 13.7. The fraction of sp³-hybridized carbons (Fsp3) is 0.333. The van der Waals surface area contributed by atoms with E-state index in [0.29, 0.717) is 16.7 Å². The number of hydrogen-bond donors (Lipinski definition) is 0. The van der Waals surface area contributed by atoms with Crippen molar-refractivity contribution in [3.05, 3.63) is 22.8 Å². The van der Waals surface area contributed by atoms with Gasteiger partial charge in [0.1, 0.15) is 0 Å². The third kappa shape index (κ3) is 2.51. The smallest absolute Gasteiger partial charge is 0.236 e. The number of carbonyl (C=O) groups is 2. The molecule has 0 radical (unpaired) electrons. The molecular formula is C18H20O2S2Si2. The molecule has 2 aromatic heterocycles. The normalized spacial score (nSPS) is 14.4. The Morgan fingerprint density at radius 1 is 0.917 bits per heavy atom. The lowest BCUT2D eigenvalue weighted by Crippen LogP contribution is -2.37. The summed E-state index contributed by atoms with van der Waals surface area (Å²) >= 11 is 3.32. The van der Waals surface area contributed by atoms with E-state index in [4.69, 9.17) is 6.42 Å². The summed E-state index contributed by atoms with van der Waals surface area (Å²) in [5.74, 6) is 1.90. The highest BCUT2D eigenvalue weighted by Crippen LogP contribution is 2.42. The first kappa shape index (κ1) is 17.6. The maximum atomic E-state index is 12.8. The summed E-state index contributed by atoms with van der Waals surface area (Å²) in [6, 6.07) is 1.96. The standard InChI is InChI=1S/C18H20O2S2Si2/c1-8-10-13-15(20)14(19)11-9-12(23(2,3)4)21-16(11)17(13)22-18(10)24(5,6)7/h1,9H,2-7H3. The number of thiophene rings is 2. The highest BCUT2D eigenvalue weighted by Gasteiger charge is 2.40. The van der Waals surface area contributed by atoms with Gasteiger partial charge in [-0.15, -0.1) is 29.1 Å². The van der Waals surface area contributed by atoms with Crippen LogP contribution < -0.4 is 9.00 Å². The van der Waals surface area contributed by atoms with Gasteiger partial charge in [-0.1, -0.05) is 45.2 Å². The van der Waals surface area contributed by atoms with Crippen molar-refractivity contribution in [3.8, 4) is 22.1 Å². The fourth-order valence-corrected chi connectivity index (χ4v) is 9.46. The minimum absolute atomic E-state index is 0.394. The van der Waals surface area contributed by atoms with E-state index in [0.717, 1.165) is 14.3 Å². The average molecular weight is 389 g/mol. The van der Waals surface area contributed by atoms with Crippen LogP contribution in [0, 0.1) is 12.3 Å². The fourth-order valence-electron chi connectivity index (χ4n) is 2.81. The average Bonchev–Trinajstić information content (AvgIpc) is 3.04. The molecule has 0 aliphatic heterocycles. The van der Waals surface area contributed by atoms with Crippen molar-refractivity contribution in [1.82, 2.24) is 0 Å². The second-order valence-corrected chi connectivity index (χ2v) is 21.0. The van der Waals surface area contributed by atoms with Gasteiger partial charge in [0.2, 0.25) is 11.6 Å². The summed E-state index contributed by atoms with van der Waals surface area (Å²) in [6.45, 7) is 13.4. The van der Waals surface area contributed by atoms with Crippen molar-refractivity contribution in [1.29, 1.82) is 0 Å². The molecule has 1 aliphatic rings. The van der Waals surface area contributed by atoms with E-state index in [9.17, 15) is 9.59 Å². The van der Waals surface area contributed by atoms with Crippen LogP contribution in [-0.4, -0.2) is 27.7 Å². The van der Waals surface area contributed by atoms with Gasteiger partial charge in [0.15, 0.2) is 0 Å². The van der Waals surface area contributed by atoms with Gasteiger partial charge in [-0.25, -0.2) is 0 Å². The molecule has 0 unspecified atom stereocenters. The molecule has 0 spiro atoms. The molecule has 0 bridgehead atoms. The molecule has 1 aliphatic carbocycles. The van der Waals surface area contributed by atoms with Crippen LogP contribution in [-0.2, 0) is 0 Å². The summed E-state index contributed by atoms with van der Waals surface area (Å²) in [4.78, 5) is 27.3. The van der Waals surface area contributed by atoms with E-state index in [-0.39, 0.29) is 0 Å². The minimum Gasteiger partial charge on any atom is -0.285 e. The maximum Gasteiger partial charge on any atom is 0.236 e. The first-order valence-electron chi connectivity index (χ1n) is 7.84. The Balaban J connectivity index is 2.37. The first-order valence-corrected chi connectivity index (χ1v) is 16.5. The highest BCUT2D eigenvalue weighted by atomic mass is 32.1. The molecule has 0 aromatic carbocycles. The van der Waals surface area contributed by atoms with Gasteiger partial charge in [-0.05, 0) is 10.6 Å². The molecule has 2 nitrogen and oxygen atoms in total. The zero-order valence-corrected chi connectivity index (χ0v) is 18.4. The van der Waals surface area contributed by atoms with Crippen molar-refractivity contribution >= 4 is 59.4 Å². The van der Waals surface area contributed by atoms with Gasteiger partial charge < -0.3 is 0 Å². The van der Waals surface area contributed by atoms with Gasteiger partial charge in [0, 0.05) is 15.6 Å². The van der Waals surface area contributed by atoms with E-state index in [2.05, 4.69) is 45.2 Å². The lowest BCUT2D eigenvalue weighted by Gasteiger charge is -2.14. The van der Waals surface area contributed by atoms with Crippen LogP contribution >= 0.6 is 22.7 Å². The zero-order valence-electron chi connectivity index (χ0n) is 14.8. The Bertz CT molecular complexity index is 928. The van der Waals surface area contributed by atoms with Gasteiger partial charge >= 0.3 is 0 Å². The van der Waals surface area contributed by atoms with Crippen molar-refractivity contribution in [2.75, 3.05) is 0 Å². The van der Waals surface area contributed by atoms with Crippen LogP contribution in [0.1, 0.15) is 26.3 Å². The molecule has 124 valence electrons. The number of Topliss-reactive ketones (excluding diaryl/α,β-unsaturated/α-hetero) is 2. The second-order valence-electron chi connectivity index (χ2n) is 8.17. The SMILES string of the molecule is C#Cc1c([Si](C)(C)C)sc2c1C(=O)C(=O)c1cc([Si](C)(C)C)sc1-2. The largest absolute Gasteiger partial charge is 0.285 e. The molecule has 24 heavy (non-hydrogen) atoms. The van der Waals surface area contributed by atoms with E-state index >= 15 is 0 Å². The molecule has 0 saturated heterocycles. The summed E-state index contributed by atoms with van der Waals surface area (Å²) < 4.78 is 2.40. The summed E-state index contributed by atoms with van der Waals surface area (Å²) in [5, 5.41) is 0. The Kier molecular flexibility index (Phi) is 3.92. The monoisotopic (exact) mass is 388 g/mol. The van der Waals surface area contributed by atoms with E-state index in [1.165, 1.54) is 4.50 Å². The molecule has 6 heteroatoms. The van der Waals surface area contributed by atoms with Crippen LogP contribution in [0.5, 0.6) is 0 Å². The topological polar surface area (TPSA) is 34.1 Å². The minimum atomic E-state index is -1.69. The van der Waals surface area contributed by atoms with Crippen LogP contribution in [0.3, 0.4) is 0 Å². The second kappa shape index (κ2) is 5.36. The maximum absolute atomic E-state index is 12.8. The van der Waals surface area contributed by atoms with Gasteiger partial charge in [-0.3, -0.25) is 9.59 Å². The predicted octanol–water partition coefficient (Wildman–Crippen LogP) is 3.93. The molecule has 3 rings (SSSR count). The van der Waals surface area contributed by atoms with Crippen molar-refractivity contribution < 1.29 is 9.59 Å². The molecule has 0 N–H and O–H groups in total. The van der Waals surface area contributed by atoms with Gasteiger partial charge in [-0.2, -0.15) is 0 Å².